The molecule has 0 N–H and O–H groups in total. The third-order valence-corrected chi connectivity index (χ3v) is 3.94. The molecular weight excluding hydrogens is 247 g/mol. The van der Waals surface area contributed by atoms with Gasteiger partial charge in [0.25, 0.3) is 0 Å². The van der Waals surface area contributed by atoms with Crippen molar-refractivity contribution in [3.8, 4) is 0 Å². The van der Waals surface area contributed by atoms with Gasteiger partial charge >= 0.3 is 29.6 Å². The van der Waals surface area contributed by atoms with E-state index in [1.165, 1.54) is 24.0 Å². The fourth-order valence-electron chi connectivity index (χ4n) is 2.59. The van der Waals surface area contributed by atoms with Gasteiger partial charge in [-0.2, -0.15) is 0 Å². The van der Waals surface area contributed by atoms with E-state index in [2.05, 4.69) is 6.58 Å². The van der Waals surface area contributed by atoms with Gasteiger partial charge < -0.3 is 9.90 Å². The smallest absolute Gasteiger partial charge is 0.550 e. The van der Waals surface area contributed by atoms with Crippen molar-refractivity contribution in [2.45, 2.75) is 38.5 Å². The second-order valence-electron chi connectivity index (χ2n) is 5.23. The van der Waals surface area contributed by atoms with Crippen molar-refractivity contribution in [3.63, 3.8) is 0 Å². The van der Waals surface area contributed by atoms with E-state index >= 15 is 0 Å². The van der Waals surface area contributed by atoms with Crippen LogP contribution in [0.25, 0.3) is 0 Å². The Balaban J connectivity index is 0.00000180. The molecular formula is C16H19NaO2. The zero-order valence-corrected chi connectivity index (χ0v) is 13.8. The van der Waals surface area contributed by atoms with Gasteiger partial charge in [-0.25, -0.2) is 0 Å². The van der Waals surface area contributed by atoms with Crippen molar-refractivity contribution in [1.82, 2.24) is 0 Å². The summed E-state index contributed by atoms with van der Waals surface area (Å²) in [5.41, 5.74) is 3.43. The minimum absolute atomic E-state index is 0. The summed E-state index contributed by atoms with van der Waals surface area (Å²) >= 11 is 0. The molecule has 0 spiro atoms. The van der Waals surface area contributed by atoms with Crippen LogP contribution >= 0.6 is 0 Å². The van der Waals surface area contributed by atoms with E-state index in [-0.39, 0.29) is 29.6 Å². The molecule has 1 aliphatic rings. The molecule has 3 heteroatoms. The first-order valence-corrected chi connectivity index (χ1v) is 6.55. The number of carbonyl (C=O) groups excluding carboxylic acids is 1. The van der Waals surface area contributed by atoms with Crippen LogP contribution in [0.15, 0.2) is 36.4 Å². The van der Waals surface area contributed by atoms with Gasteiger partial charge in [0.05, 0.1) is 0 Å². The molecule has 96 valence electrons. The maximum absolute atomic E-state index is 10.8. The van der Waals surface area contributed by atoms with Crippen LogP contribution in [0.3, 0.4) is 0 Å². The van der Waals surface area contributed by atoms with Gasteiger partial charge in [-0.15, -0.1) is 0 Å². The average Bonchev–Trinajstić information content (AvgIpc) is 2.75. The van der Waals surface area contributed by atoms with Gasteiger partial charge in [0.2, 0.25) is 0 Å². The molecule has 1 fully saturated rings. The van der Waals surface area contributed by atoms with Gasteiger partial charge in [0.15, 0.2) is 0 Å². The molecule has 0 saturated heterocycles. The minimum atomic E-state index is -1.02. The van der Waals surface area contributed by atoms with Crippen molar-refractivity contribution in [2.75, 3.05) is 0 Å². The molecule has 1 saturated carbocycles. The van der Waals surface area contributed by atoms with Crippen molar-refractivity contribution >= 4 is 5.97 Å². The Kier molecular flexibility index (Phi) is 6.31. The van der Waals surface area contributed by atoms with Crippen LogP contribution in [0.5, 0.6) is 0 Å². The van der Waals surface area contributed by atoms with Crippen LogP contribution in [0, 0.1) is 5.92 Å². The van der Waals surface area contributed by atoms with E-state index in [1.807, 2.05) is 24.3 Å². The fourth-order valence-corrected chi connectivity index (χ4v) is 2.59. The van der Waals surface area contributed by atoms with Gasteiger partial charge in [-0.05, 0) is 42.7 Å². The Morgan fingerprint density at radius 3 is 2.53 bits per heavy atom. The first-order valence-electron chi connectivity index (χ1n) is 6.55. The van der Waals surface area contributed by atoms with Crippen molar-refractivity contribution < 1.29 is 39.5 Å². The number of carboxylic acid groups (broad SMARTS) is 1. The van der Waals surface area contributed by atoms with Crippen LogP contribution in [0.4, 0.5) is 0 Å². The van der Waals surface area contributed by atoms with Gasteiger partial charge in [-0.1, -0.05) is 43.3 Å². The van der Waals surface area contributed by atoms with E-state index in [4.69, 9.17) is 0 Å². The SMILES string of the molecule is C=C1CCCC1Cc1ccc(C(C)C(=O)[O-])cc1.[Na+]. The Bertz CT molecular complexity index is 450. The monoisotopic (exact) mass is 266 g/mol. The number of carboxylic acids is 1. The molecule has 1 aliphatic carbocycles. The Morgan fingerprint density at radius 1 is 1.42 bits per heavy atom. The summed E-state index contributed by atoms with van der Waals surface area (Å²) in [6.07, 6.45) is 4.67. The quantitative estimate of drug-likeness (QED) is 0.541. The van der Waals surface area contributed by atoms with Crippen LogP contribution in [-0.4, -0.2) is 5.97 Å². The second-order valence-corrected chi connectivity index (χ2v) is 5.23. The molecule has 1 aromatic rings. The first kappa shape index (κ1) is 16.5. The van der Waals surface area contributed by atoms with Crippen LogP contribution in [-0.2, 0) is 11.2 Å². The zero-order valence-electron chi connectivity index (χ0n) is 11.8. The van der Waals surface area contributed by atoms with E-state index in [0.717, 1.165) is 18.4 Å². The van der Waals surface area contributed by atoms with E-state index in [1.54, 1.807) is 6.92 Å². The Labute approximate surface area is 137 Å². The van der Waals surface area contributed by atoms with Gasteiger partial charge in [0, 0.05) is 11.9 Å². The van der Waals surface area contributed by atoms with Gasteiger partial charge in [-0.3, -0.25) is 0 Å². The summed E-state index contributed by atoms with van der Waals surface area (Å²) < 4.78 is 0. The van der Waals surface area contributed by atoms with Crippen molar-refractivity contribution in [1.29, 1.82) is 0 Å². The number of hydrogen-bond acceptors (Lipinski definition) is 2. The molecule has 0 radical (unpaired) electrons. The molecule has 2 nitrogen and oxygen atoms in total. The average molecular weight is 266 g/mol. The van der Waals surface area contributed by atoms with Gasteiger partial charge in [0.1, 0.15) is 0 Å². The maximum atomic E-state index is 10.8. The first-order chi connectivity index (χ1) is 8.58. The molecule has 0 aliphatic heterocycles. The third kappa shape index (κ3) is 4.20. The number of carbonyl (C=O) groups is 1. The topological polar surface area (TPSA) is 40.1 Å². The molecule has 2 unspecified atom stereocenters. The predicted octanol–water partition coefficient (Wildman–Crippen LogP) is -0.557. The summed E-state index contributed by atoms with van der Waals surface area (Å²) in [4.78, 5) is 10.8. The van der Waals surface area contributed by atoms with Crippen LogP contribution in [0.1, 0.15) is 43.2 Å². The number of aliphatic carboxylic acids is 1. The van der Waals surface area contributed by atoms with E-state index < -0.39 is 11.9 Å². The summed E-state index contributed by atoms with van der Waals surface area (Å²) in [6, 6.07) is 7.85. The molecule has 0 heterocycles. The fraction of sp³-hybridized carbons (Fsp3) is 0.438. The van der Waals surface area contributed by atoms with Crippen LogP contribution in [0.2, 0.25) is 0 Å². The second kappa shape index (κ2) is 7.28. The largest absolute Gasteiger partial charge is 1.00 e. The number of allylic oxidation sites excluding steroid dienone is 1. The third-order valence-electron chi connectivity index (χ3n) is 3.94. The normalized spacial score (nSPS) is 19.8. The van der Waals surface area contributed by atoms with Crippen molar-refractivity contribution in [2.24, 2.45) is 5.92 Å². The van der Waals surface area contributed by atoms with E-state index in [9.17, 15) is 9.90 Å². The molecule has 2 rings (SSSR count). The molecule has 1 aromatic carbocycles. The molecule has 2 atom stereocenters. The Morgan fingerprint density at radius 2 is 2.05 bits per heavy atom. The molecule has 0 amide bonds. The molecule has 19 heavy (non-hydrogen) atoms. The van der Waals surface area contributed by atoms with Crippen LogP contribution < -0.4 is 34.7 Å². The number of benzene rings is 1. The zero-order chi connectivity index (χ0) is 13.1. The summed E-state index contributed by atoms with van der Waals surface area (Å²) in [5.74, 6) is -0.957. The minimum Gasteiger partial charge on any atom is -0.550 e. The number of rotatable bonds is 4. The molecule has 0 aromatic heterocycles. The summed E-state index contributed by atoms with van der Waals surface area (Å²) in [7, 11) is 0. The summed E-state index contributed by atoms with van der Waals surface area (Å²) in [5, 5.41) is 10.8. The predicted molar refractivity (Wildman–Crippen MR) is 70.0 cm³/mol. The van der Waals surface area contributed by atoms with E-state index in [0.29, 0.717) is 5.92 Å². The van der Waals surface area contributed by atoms with Crippen molar-refractivity contribution in [3.05, 3.63) is 47.5 Å². The number of hydrogen-bond donors (Lipinski definition) is 0. The standard InChI is InChI=1S/C16H20O2.Na/c1-11-4-3-5-15(11)10-13-6-8-14(9-7-13)12(2)16(17)18;/h6-9,12,15H,1,3-5,10H2,2H3,(H,17,18);/q;+1/p-1. The maximum Gasteiger partial charge on any atom is 1.00 e. The molecule has 0 bridgehead atoms. The summed E-state index contributed by atoms with van der Waals surface area (Å²) in [6.45, 7) is 5.77. The Hall–Kier alpha value is -0.570.